The van der Waals surface area contributed by atoms with Crippen LogP contribution in [0.2, 0.25) is 5.15 Å². The van der Waals surface area contributed by atoms with Gasteiger partial charge in [-0.2, -0.15) is 0 Å². The lowest BCUT2D eigenvalue weighted by atomic mass is 10.1. The molecule has 2 heterocycles. The average Bonchev–Trinajstić information content (AvgIpc) is 2.74. The summed E-state index contributed by atoms with van der Waals surface area (Å²) in [4.78, 5) is 31.2. The summed E-state index contributed by atoms with van der Waals surface area (Å²) in [5, 5.41) is 15.2. The number of anilines is 1. The van der Waals surface area contributed by atoms with Gasteiger partial charge in [-0.1, -0.05) is 43.6 Å². The molecular weight excluding hydrogens is 434 g/mol. The molecular formula is C22H32ClN5O4. The minimum absolute atomic E-state index is 0.132. The third-order valence-electron chi connectivity index (χ3n) is 4.76. The van der Waals surface area contributed by atoms with E-state index in [0.29, 0.717) is 55.9 Å². The summed E-state index contributed by atoms with van der Waals surface area (Å²) in [6, 6.07) is 7.17. The van der Waals surface area contributed by atoms with E-state index in [1.807, 2.05) is 46.8 Å². The van der Waals surface area contributed by atoms with Gasteiger partial charge in [0.05, 0.1) is 10.4 Å². The number of piperazine rings is 1. The lowest BCUT2D eigenvalue weighted by Gasteiger charge is -2.35. The molecule has 1 aromatic carbocycles. The summed E-state index contributed by atoms with van der Waals surface area (Å²) in [6.45, 7) is 13.3. The van der Waals surface area contributed by atoms with Crippen LogP contribution >= 0.6 is 11.6 Å². The summed E-state index contributed by atoms with van der Waals surface area (Å²) in [6.07, 6.45) is -0.297. The van der Waals surface area contributed by atoms with Crippen LogP contribution in [0.4, 0.5) is 16.2 Å². The molecule has 0 unspecified atom stereocenters. The Morgan fingerprint density at radius 2 is 1.84 bits per heavy atom. The van der Waals surface area contributed by atoms with Gasteiger partial charge in [-0.15, -0.1) is 0 Å². The van der Waals surface area contributed by atoms with Gasteiger partial charge in [0.1, 0.15) is 11.3 Å². The molecule has 10 heteroatoms. The Kier molecular flexibility index (Phi) is 9.03. The minimum atomic E-state index is -0.512. The largest absolute Gasteiger partial charge is 0.444 e. The maximum Gasteiger partial charge on any atom is 0.410 e. The topological polar surface area (TPSA) is 101 Å². The highest BCUT2D eigenvalue weighted by Gasteiger charge is 2.26. The molecule has 1 aliphatic rings. The Morgan fingerprint density at radius 3 is 2.44 bits per heavy atom. The van der Waals surface area contributed by atoms with Crippen molar-refractivity contribution >= 4 is 40.0 Å². The smallest absolute Gasteiger partial charge is 0.410 e. The first-order valence-electron chi connectivity index (χ1n) is 10.8. The van der Waals surface area contributed by atoms with E-state index in [1.54, 1.807) is 17.0 Å². The number of rotatable bonds is 5. The number of ether oxygens (including phenoxy) is 1. The highest BCUT2D eigenvalue weighted by atomic mass is 35.5. The van der Waals surface area contributed by atoms with Gasteiger partial charge in [-0.3, -0.25) is 15.0 Å². The molecule has 1 saturated heterocycles. The fourth-order valence-corrected chi connectivity index (χ4v) is 3.59. The van der Waals surface area contributed by atoms with E-state index in [1.165, 1.54) is 0 Å². The number of hydrogen-bond acceptors (Lipinski definition) is 7. The average molecular weight is 466 g/mol. The predicted molar refractivity (Wildman–Crippen MR) is 127 cm³/mol. The Balaban J connectivity index is 0.00000176. The first kappa shape index (κ1) is 25.6. The molecule has 3 rings (SSSR count). The van der Waals surface area contributed by atoms with Crippen molar-refractivity contribution in [3.8, 4) is 0 Å². The maximum absolute atomic E-state index is 12.2. The van der Waals surface area contributed by atoms with Crippen LogP contribution in [0.15, 0.2) is 24.3 Å². The zero-order valence-corrected chi connectivity index (χ0v) is 20.1. The number of halogens is 1. The number of carbonyl (C=O) groups is 1. The fourth-order valence-electron chi connectivity index (χ4n) is 3.34. The number of fused-ring (bicyclic) bond motifs is 1. The lowest BCUT2D eigenvalue weighted by Crippen LogP contribution is -2.50. The molecule has 1 aliphatic heterocycles. The molecule has 1 fully saturated rings. The third kappa shape index (κ3) is 6.67. The third-order valence-corrected chi connectivity index (χ3v) is 5.02. The van der Waals surface area contributed by atoms with Crippen molar-refractivity contribution in [2.45, 2.75) is 40.2 Å². The number of hydrogen-bond donors (Lipinski definition) is 1. The van der Waals surface area contributed by atoms with Gasteiger partial charge in [0.2, 0.25) is 5.15 Å². The zero-order chi connectivity index (χ0) is 23.9. The highest BCUT2D eigenvalue weighted by Crippen LogP contribution is 2.37. The number of nitrogens with zero attached hydrogens (tertiary/aromatic N) is 4. The molecule has 2 aromatic rings. The van der Waals surface area contributed by atoms with Crippen molar-refractivity contribution in [2.24, 2.45) is 0 Å². The summed E-state index contributed by atoms with van der Waals surface area (Å²) in [5.74, 6) is 0. The van der Waals surface area contributed by atoms with Gasteiger partial charge in [-0.05, 0) is 26.8 Å². The van der Waals surface area contributed by atoms with Crippen LogP contribution in [0.3, 0.4) is 0 Å². The molecule has 0 saturated carbocycles. The number of pyridine rings is 1. The first-order chi connectivity index (χ1) is 15.2. The van der Waals surface area contributed by atoms with Gasteiger partial charge in [0, 0.05) is 44.7 Å². The van der Waals surface area contributed by atoms with Gasteiger partial charge >= 0.3 is 11.8 Å². The predicted octanol–water partition coefficient (Wildman–Crippen LogP) is 4.79. The molecule has 0 aliphatic carbocycles. The summed E-state index contributed by atoms with van der Waals surface area (Å²) in [7, 11) is 0. The quantitative estimate of drug-likeness (QED) is 0.385. The molecule has 0 atom stereocenters. The maximum atomic E-state index is 12.2. The SMILES string of the molecule is CC.CC(C)(C)OC(=O)N1CCN(CCNc2c([N+](=O)[O-])c(Cl)nc3ccccc23)CC1. The van der Waals surface area contributed by atoms with E-state index < -0.39 is 10.5 Å². The van der Waals surface area contributed by atoms with Crippen molar-refractivity contribution in [1.29, 1.82) is 0 Å². The van der Waals surface area contributed by atoms with E-state index in [9.17, 15) is 14.9 Å². The second-order valence-corrected chi connectivity index (χ2v) is 8.49. The second-order valence-electron chi connectivity index (χ2n) is 8.14. The molecule has 0 bridgehead atoms. The minimum Gasteiger partial charge on any atom is -0.444 e. The lowest BCUT2D eigenvalue weighted by molar-refractivity contribution is -0.384. The Labute approximate surface area is 193 Å². The van der Waals surface area contributed by atoms with Crippen molar-refractivity contribution in [1.82, 2.24) is 14.8 Å². The number of amides is 1. The monoisotopic (exact) mass is 465 g/mol. The van der Waals surface area contributed by atoms with Gasteiger partial charge < -0.3 is 15.0 Å². The van der Waals surface area contributed by atoms with E-state index in [0.717, 1.165) is 0 Å². The number of aromatic nitrogens is 1. The number of carbonyl (C=O) groups excluding carboxylic acids is 1. The van der Waals surface area contributed by atoms with Crippen LogP contribution in [-0.4, -0.2) is 70.7 Å². The van der Waals surface area contributed by atoms with Gasteiger partial charge in [0.15, 0.2) is 0 Å². The van der Waals surface area contributed by atoms with Crippen LogP contribution in [0.1, 0.15) is 34.6 Å². The number of benzene rings is 1. The standard InChI is InChI=1S/C20H26ClN5O4.C2H6/c1-20(2,3)30-19(27)25-12-10-24(11-13-25)9-8-22-16-14-6-4-5-7-15(14)23-18(21)17(16)26(28)29;1-2/h4-7H,8-13H2,1-3H3,(H,22,23);1-2H3. The molecule has 1 amide bonds. The summed E-state index contributed by atoms with van der Waals surface area (Å²) < 4.78 is 5.41. The molecule has 0 spiro atoms. The number of nitro groups is 1. The van der Waals surface area contributed by atoms with Crippen LogP contribution in [-0.2, 0) is 4.74 Å². The Morgan fingerprint density at radius 1 is 1.22 bits per heavy atom. The fraction of sp³-hybridized carbons (Fsp3) is 0.545. The second kappa shape index (κ2) is 11.3. The number of nitrogens with one attached hydrogen (secondary N) is 1. The normalized spacial score (nSPS) is 14.5. The Bertz CT molecular complexity index is 940. The number of para-hydroxylation sites is 1. The van der Waals surface area contributed by atoms with Gasteiger partial charge in [-0.25, -0.2) is 9.78 Å². The van der Waals surface area contributed by atoms with Crippen LogP contribution < -0.4 is 5.32 Å². The highest BCUT2D eigenvalue weighted by molar-refractivity contribution is 6.33. The van der Waals surface area contributed by atoms with Crippen molar-refractivity contribution in [3.05, 3.63) is 39.5 Å². The molecule has 0 radical (unpaired) electrons. The summed E-state index contributed by atoms with van der Waals surface area (Å²) in [5.41, 5.74) is 0.247. The van der Waals surface area contributed by atoms with Crippen LogP contribution in [0.5, 0.6) is 0 Å². The zero-order valence-electron chi connectivity index (χ0n) is 19.4. The summed E-state index contributed by atoms with van der Waals surface area (Å²) >= 11 is 6.07. The van der Waals surface area contributed by atoms with Crippen LogP contribution in [0.25, 0.3) is 10.9 Å². The molecule has 1 aromatic heterocycles. The Hall–Kier alpha value is -2.65. The first-order valence-corrected chi connectivity index (χ1v) is 11.2. The van der Waals surface area contributed by atoms with Crippen molar-refractivity contribution < 1.29 is 14.5 Å². The molecule has 32 heavy (non-hydrogen) atoms. The van der Waals surface area contributed by atoms with Crippen molar-refractivity contribution in [3.63, 3.8) is 0 Å². The van der Waals surface area contributed by atoms with E-state index in [2.05, 4.69) is 15.2 Å². The molecule has 9 nitrogen and oxygen atoms in total. The molecule has 176 valence electrons. The van der Waals surface area contributed by atoms with Gasteiger partial charge in [0.25, 0.3) is 0 Å². The van der Waals surface area contributed by atoms with E-state index >= 15 is 0 Å². The molecule has 1 N–H and O–H groups in total. The van der Waals surface area contributed by atoms with E-state index in [4.69, 9.17) is 16.3 Å². The van der Waals surface area contributed by atoms with Crippen molar-refractivity contribution in [2.75, 3.05) is 44.6 Å². The van der Waals surface area contributed by atoms with E-state index in [-0.39, 0.29) is 16.9 Å². The van der Waals surface area contributed by atoms with Crippen LogP contribution in [0, 0.1) is 10.1 Å².